The summed E-state index contributed by atoms with van der Waals surface area (Å²) in [5, 5.41) is 6.36. The monoisotopic (exact) mass is 475 g/mol. The quantitative estimate of drug-likeness (QED) is 0.377. The van der Waals surface area contributed by atoms with Gasteiger partial charge in [-0.2, -0.15) is 0 Å². The fourth-order valence-electron chi connectivity index (χ4n) is 4.82. The van der Waals surface area contributed by atoms with Crippen molar-refractivity contribution >= 4 is 28.6 Å². The van der Waals surface area contributed by atoms with E-state index in [0.717, 1.165) is 35.7 Å². The predicted octanol–water partition coefficient (Wildman–Crippen LogP) is 1.75. The number of carbonyl (C=O) groups is 3. The molecule has 2 heterocycles. The van der Waals surface area contributed by atoms with Gasteiger partial charge >= 0.3 is 0 Å². The number of nitrogens with one attached hydrogen (secondary N) is 3. The van der Waals surface area contributed by atoms with Gasteiger partial charge in [0.25, 0.3) is 0 Å². The molecule has 1 fully saturated rings. The number of hydrogen-bond donors (Lipinski definition) is 4. The summed E-state index contributed by atoms with van der Waals surface area (Å²) < 4.78 is 0. The number of nitrogens with zero attached hydrogens (tertiary/aromatic N) is 1. The maximum Gasteiger partial charge on any atom is 0.245 e. The number of nitrogens with two attached hydrogens (primary N) is 1. The van der Waals surface area contributed by atoms with Gasteiger partial charge in [-0.1, -0.05) is 48.5 Å². The van der Waals surface area contributed by atoms with E-state index in [-0.39, 0.29) is 19.0 Å². The first-order valence-corrected chi connectivity index (χ1v) is 12.2. The third-order valence-electron chi connectivity index (χ3n) is 6.56. The lowest BCUT2D eigenvalue weighted by Crippen LogP contribution is -2.54. The van der Waals surface area contributed by atoms with Gasteiger partial charge in [-0.25, -0.2) is 0 Å². The highest BCUT2D eigenvalue weighted by molar-refractivity contribution is 5.91. The topological polar surface area (TPSA) is 120 Å². The summed E-state index contributed by atoms with van der Waals surface area (Å²) in [5.74, 6) is -0.544. The summed E-state index contributed by atoms with van der Waals surface area (Å²) in [5.41, 5.74) is 8.52. The number of rotatable bonds is 9. The van der Waals surface area contributed by atoms with E-state index in [1.54, 1.807) is 0 Å². The number of carbonyl (C=O) groups excluding carboxylic acids is 3. The van der Waals surface area contributed by atoms with Crippen LogP contribution < -0.4 is 16.4 Å². The van der Waals surface area contributed by atoms with Crippen LogP contribution in [0.4, 0.5) is 0 Å². The number of aromatic nitrogens is 1. The van der Waals surface area contributed by atoms with E-state index < -0.39 is 17.9 Å². The zero-order chi connectivity index (χ0) is 24.6. The van der Waals surface area contributed by atoms with Crippen LogP contribution in [0, 0.1) is 5.92 Å². The zero-order valence-electron chi connectivity index (χ0n) is 19.8. The molecule has 35 heavy (non-hydrogen) atoms. The number of para-hydroxylation sites is 1. The van der Waals surface area contributed by atoms with E-state index in [0.29, 0.717) is 25.4 Å². The lowest BCUT2D eigenvalue weighted by molar-refractivity contribution is -0.138. The molecule has 8 nitrogen and oxygen atoms in total. The van der Waals surface area contributed by atoms with E-state index in [2.05, 4.69) is 27.8 Å². The number of benzene rings is 2. The molecule has 0 unspecified atom stereocenters. The molecule has 1 aromatic heterocycles. The Morgan fingerprint density at radius 1 is 1.06 bits per heavy atom. The number of likely N-dealkylation sites (tertiary alicyclic amines) is 1. The maximum atomic E-state index is 13.7. The van der Waals surface area contributed by atoms with Crippen LogP contribution in [0.3, 0.4) is 0 Å². The number of hydrogen-bond acceptors (Lipinski definition) is 4. The average Bonchev–Trinajstić information content (AvgIpc) is 3.30. The fraction of sp³-hybridized carbons (Fsp3) is 0.370. The van der Waals surface area contributed by atoms with E-state index in [1.807, 2.05) is 53.6 Å². The van der Waals surface area contributed by atoms with Crippen LogP contribution in [0.5, 0.6) is 0 Å². The lowest BCUT2D eigenvalue weighted by Gasteiger charge is -2.35. The van der Waals surface area contributed by atoms with Gasteiger partial charge in [0.05, 0.1) is 13.1 Å². The van der Waals surface area contributed by atoms with Crippen LogP contribution in [0.1, 0.15) is 24.0 Å². The van der Waals surface area contributed by atoms with Crippen molar-refractivity contribution in [1.29, 1.82) is 0 Å². The molecule has 8 heteroatoms. The van der Waals surface area contributed by atoms with E-state index >= 15 is 0 Å². The van der Waals surface area contributed by atoms with E-state index in [1.165, 1.54) is 5.56 Å². The molecule has 2 atom stereocenters. The Balaban J connectivity index is 1.48. The van der Waals surface area contributed by atoms with Crippen LogP contribution >= 0.6 is 0 Å². The van der Waals surface area contributed by atoms with Gasteiger partial charge in [0.2, 0.25) is 17.7 Å². The summed E-state index contributed by atoms with van der Waals surface area (Å²) in [7, 11) is 0. The first-order valence-electron chi connectivity index (χ1n) is 12.2. The molecular weight excluding hydrogens is 442 g/mol. The van der Waals surface area contributed by atoms with Crippen molar-refractivity contribution in [3.63, 3.8) is 0 Å². The number of amides is 3. The lowest BCUT2D eigenvalue weighted by atomic mass is 9.90. The van der Waals surface area contributed by atoms with Crippen molar-refractivity contribution in [2.45, 2.75) is 31.7 Å². The molecule has 0 spiro atoms. The fourth-order valence-corrected chi connectivity index (χ4v) is 4.82. The van der Waals surface area contributed by atoms with Gasteiger partial charge in [-0.15, -0.1) is 0 Å². The maximum absolute atomic E-state index is 13.7. The second kappa shape index (κ2) is 11.7. The molecule has 0 saturated carbocycles. The number of aromatic amines is 1. The van der Waals surface area contributed by atoms with Crippen molar-refractivity contribution in [3.05, 3.63) is 71.9 Å². The highest BCUT2D eigenvalue weighted by atomic mass is 16.2. The minimum absolute atomic E-state index is 0.0912. The Morgan fingerprint density at radius 2 is 1.83 bits per heavy atom. The van der Waals surface area contributed by atoms with E-state index in [9.17, 15) is 14.4 Å². The summed E-state index contributed by atoms with van der Waals surface area (Å²) in [6.07, 6.45) is 5.18. The Bertz CT molecular complexity index is 1160. The number of fused-ring (bicyclic) bond motifs is 1. The molecular formula is C27H33N5O3. The van der Waals surface area contributed by atoms with Gasteiger partial charge in [0.15, 0.2) is 0 Å². The third-order valence-corrected chi connectivity index (χ3v) is 6.56. The van der Waals surface area contributed by atoms with Gasteiger partial charge in [0.1, 0.15) is 6.04 Å². The van der Waals surface area contributed by atoms with Crippen molar-refractivity contribution in [3.8, 4) is 0 Å². The molecule has 0 bridgehead atoms. The van der Waals surface area contributed by atoms with Crippen LogP contribution in [-0.4, -0.2) is 59.8 Å². The van der Waals surface area contributed by atoms with Crippen molar-refractivity contribution in [1.82, 2.24) is 20.5 Å². The van der Waals surface area contributed by atoms with Gasteiger partial charge < -0.3 is 26.3 Å². The van der Waals surface area contributed by atoms with Gasteiger partial charge in [-0.05, 0) is 42.4 Å². The minimum atomic E-state index is -0.730. The van der Waals surface area contributed by atoms with Crippen LogP contribution in [-0.2, 0) is 27.2 Å². The van der Waals surface area contributed by atoms with Crippen molar-refractivity contribution in [2.75, 3.05) is 26.2 Å². The summed E-state index contributed by atoms with van der Waals surface area (Å²) in [4.78, 5) is 42.9. The normalized spacial score (nSPS) is 16.6. The second-order valence-electron chi connectivity index (χ2n) is 9.15. The Morgan fingerprint density at radius 3 is 2.63 bits per heavy atom. The first-order chi connectivity index (χ1) is 17.0. The Kier molecular flexibility index (Phi) is 8.15. The zero-order valence-corrected chi connectivity index (χ0v) is 19.8. The Labute approximate surface area is 205 Å². The molecule has 1 aliphatic rings. The highest BCUT2D eigenvalue weighted by Gasteiger charge is 2.30. The predicted molar refractivity (Wildman–Crippen MR) is 135 cm³/mol. The van der Waals surface area contributed by atoms with Crippen LogP contribution in [0.25, 0.3) is 10.9 Å². The molecule has 3 aromatic rings. The number of piperidine rings is 1. The highest BCUT2D eigenvalue weighted by Crippen LogP contribution is 2.23. The first kappa shape index (κ1) is 24.5. The second-order valence-corrected chi connectivity index (χ2v) is 9.15. The molecule has 1 saturated heterocycles. The summed E-state index contributed by atoms with van der Waals surface area (Å²) in [6.45, 7) is 0.929. The molecule has 0 radical (unpaired) electrons. The molecule has 2 aromatic carbocycles. The van der Waals surface area contributed by atoms with Crippen molar-refractivity contribution in [2.24, 2.45) is 11.7 Å². The molecule has 184 valence electrons. The molecule has 5 N–H and O–H groups in total. The minimum Gasteiger partial charge on any atom is -0.361 e. The van der Waals surface area contributed by atoms with E-state index in [4.69, 9.17) is 5.73 Å². The Hall–Kier alpha value is -3.65. The average molecular weight is 476 g/mol. The SMILES string of the molecule is NCC(=O)NCC(=O)N[C@H](Cc1c[nH]c2ccccc12)C(=O)N1CCC[C@H](Cc2ccccc2)C1. The molecule has 4 rings (SSSR count). The molecule has 0 aliphatic carbocycles. The summed E-state index contributed by atoms with van der Waals surface area (Å²) >= 11 is 0. The van der Waals surface area contributed by atoms with Gasteiger partial charge in [-0.3, -0.25) is 14.4 Å². The summed E-state index contributed by atoms with van der Waals surface area (Å²) in [6, 6.07) is 17.5. The number of H-pyrrole nitrogens is 1. The van der Waals surface area contributed by atoms with Gasteiger partial charge in [0, 0.05) is 36.6 Å². The van der Waals surface area contributed by atoms with Crippen molar-refractivity contribution < 1.29 is 14.4 Å². The molecule has 1 aliphatic heterocycles. The standard InChI is InChI=1S/C27H33N5O3/c28-15-25(33)30-17-26(34)31-24(14-21-16-29-23-11-5-4-10-22(21)23)27(35)32-12-6-9-20(18-32)13-19-7-2-1-3-8-19/h1-5,7-8,10-11,16,20,24,29H,6,9,12-15,17-18,28H2,(H,30,33)(H,31,34)/t20-,24-/m1/s1. The largest absolute Gasteiger partial charge is 0.361 e. The van der Waals surface area contributed by atoms with Crippen LogP contribution in [0.2, 0.25) is 0 Å². The smallest absolute Gasteiger partial charge is 0.245 e. The molecule has 3 amide bonds. The third kappa shape index (κ3) is 6.48. The van der Waals surface area contributed by atoms with Crippen LogP contribution in [0.15, 0.2) is 60.8 Å².